The molecule has 0 bridgehead atoms. The lowest BCUT2D eigenvalue weighted by Crippen LogP contribution is -2.52. The predicted octanol–water partition coefficient (Wildman–Crippen LogP) is 4.52. The van der Waals surface area contributed by atoms with Crippen LogP contribution in [-0.2, 0) is 27.2 Å². The summed E-state index contributed by atoms with van der Waals surface area (Å²) in [5.41, 5.74) is 1.98. The Hall–Kier alpha value is -3.27. The molecule has 4 heterocycles. The zero-order valence-corrected chi connectivity index (χ0v) is 23.9. The third-order valence-corrected chi connectivity index (χ3v) is 8.02. The van der Waals surface area contributed by atoms with Crippen LogP contribution >= 0.6 is 0 Å². The average Bonchev–Trinajstić information content (AvgIpc) is 2.92. The largest absolute Gasteiger partial charge is 0.444 e. The van der Waals surface area contributed by atoms with E-state index < -0.39 is 17.6 Å². The Kier molecular flexibility index (Phi) is 8.26. The molecule has 1 aromatic heterocycles. The van der Waals surface area contributed by atoms with Gasteiger partial charge in [-0.05, 0) is 76.6 Å². The number of ether oxygens (including phenoxy) is 2. The molecule has 0 radical (unpaired) electrons. The fourth-order valence-corrected chi connectivity index (χ4v) is 5.91. The molecule has 10 heteroatoms. The molecule has 216 valence electrons. The van der Waals surface area contributed by atoms with Crippen molar-refractivity contribution in [2.45, 2.75) is 83.5 Å². The summed E-state index contributed by atoms with van der Waals surface area (Å²) in [5, 5.41) is 3.42. The van der Waals surface area contributed by atoms with Crippen LogP contribution in [0.5, 0.6) is 0 Å². The van der Waals surface area contributed by atoms with Gasteiger partial charge < -0.3 is 24.6 Å². The number of hydrogen-bond donors (Lipinski definition) is 1. The Labute approximate surface area is 235 Å². The topological polar surface area (TPSA) is 96.9 Å². The minimum Gasteiger partial charge on any atom is -0.444 e. The van der Waals surface area contributed by atoms with Gasteiger partial charge >= 0.3 is 6.09 Å². The van der Waals surface area contributed by atoms with Crippen molar-refractivity contribution in [1.29, 1.82) is 0 Å². The number of amides is 2. The summed E-state index contributed by atoms with van der Waals surface area (Å²) in [5.74, 6) is -0.523. The minimum atomic E-state index is -0.630. The molecule has 3 aliphatic heterocycles. The van der Waals surface area contributed by atoms with Crippen LogP contribution in [-0.4, -0.2) is 75.8 Å². The van der Waals surface area contributed by atoms with Gasteiger partial charge in [0.1, 0.15) is 11.4 Å². The summed E-state index contributed by atoms with van der Waals surface area (Å²) in [6, 6.07) is 6.60. The number of anilines is 1. The number of likely N-dealkylation sites (tertiary alicyclic amines) is 1. The predicted molar refractivity (Wildman–Crippen MR) is 148 cm³/mol. The molecule has 2 saturated heterocycles. The van der Waals surface area contributed by atoms with Crippen molar-refractivity contribution in [2.24, 2.45) is 5.92 Å². The van der Waals surface area contributed by atoms with Crippen molar-refractivity contribution >= 4 is 17.9 Å². The van der Waals surface area contributed by atoms with Crippen molar-refractivity contribution < 1.29 is 23.5 Å². The smallest absolute Gasteiger partial charge is 0.410 e. The van der Waals surface area contributed by atoms with Gasteiger partial charge in [-0.3, -0.25) is 4.79 Å². The maximum absolute atomic E-state index is 14.3. The first-order valence-corrected chi connectivity index (χ1v) is 14.3. The summed E-state index contributed by atoms with van der Waals surface area (Å²) in [6.07, 6.45) is 4.41. The van der Waals surface area contributed by atoms with E-state index in [1.54, 1.807) is 11.0 Å². The van der Waals surface area contributed by atoms with Gasteiger partial charge in [0.15, 0.2) is 0 Å². The monoisotopic (exact) mass is 553 g/mol. The van der Waals surface area contributed by atoms with Crippen molar-refractivity contribution in [2.75, 3.05) is 31.6 Å². The molecule has 0 spiro atoms. The van der Waals surface area contributed by atoms with E-state index in [2.05, 4.69) is 10.3 Å². The summed E-state index contributed by atoms with van der Waals surface area (Å²) >= 11 is 0. The Morgan fingerprint density at radius 3 is 2.67 bits per heavy atom. The van der Waals surface area contributed by atoms with E-state index in [0.717, 1.165) is 37.3 Å². The number of carbonyl (C=O) groups excluding carboxylic acids is 2. The second-order valence-electron chi connectivity index (χ2n) is 12.2. The van der Waals surface area contributed by atoms with E-state index in [9.17, 15) is 14.0 Å². The maximum Gasteiger partial charge on any atom is 0.410 e. The van der Waals surface area contributed by atoms with Crippen LogP contribution in [0.15, 0.2) is 30.5 Å². The normalized spacial score (nSPS) is 23.9. The lowest BCUT2D eigenvalue weighted by molar-refractivity contribution is -0.141. The standard InChI is InChI=1S/C30H40FN5O4/c1-19-14-21-16-32-28(33-23-9-12-39-13-10-23)34-26(21)18-36(19)27(37)24-8-11-35(29(38)40-30(2,3)4)17-25(24)20-6-5-7-22(31)15-20/h5-7,15-16,19,23-25H,8-14,17-18H2,1-4H3,(H,32,33,34)/t19-,24+,25-/m1/s1. The molecule has 2 fully saturated rings. The van der Waals surface area contributed by atoms with Crippen LogP contribution in [0, 0.1) is 11.7 Å². The summed E-state index contributed by atoms with van der Waals surface area (Å²) in [4.78, 5) is 40.0. The first-order valence-electron chi connectivity index (χ1n) is 14.3. The highest BCUT2D eigenvalue weighted by Crippen LogP contribution is 2.36. The Morgan fingerprint density at radius 2 is 1.95 bits per heavy atom. The van der Waals surface area contributed by atoms with Gasteiger partial charge in [-0.25, -0.2) is 19.2 Å². The highest BCUT2D eigenvalue weighted by Gasteiger charge is 2.42. The number of fused-ring (bicyclic) bond motifs is 1. The zero-order chi connectivity index (χ0) is 28.4. The number of carbonyl (C=O) groups is 2. The van der Waals surface area contributed by atoms with E-state index in [0.29, 0.717) is 37.4 Å². The summed E-state index contributed by atoms with van der Waals surface area (Å²) in [6.45, 7) is 10.1. The fourth-order valence-electron chi connectivity index (χ4n) is 5.91. The second-order valence-corrected chi connectivity index (χ2v) is 12.2. The zero-order valence-electron chi connectivity index (χ0n) is 23.9. The molecular formula is C30H40FN5O4. The Bertz CT molecular complexity index is 1230. The molecule has 3 aliphatic rings. The van der Waals surface area contributed by atoms with Crippen LogP contribution < -0.4 is 5.32 Å². The van der Waals surface area contributed by atoms with Gasteiger partial charge in [0.2, 0.25) is 11.9 Å². The molecule has 2 aromatic rings. The quantitative estimate of drug-likeness (QED) is 0.595. The summed E-state index contributed by atoms with van der Waals surface area (Å²) < 4.78 is 25.3. The van der Waals surface area contributed by atoms with Gasteiger partial charge in [0.05, 0.1) is 12.2 Å². The van der Waals surface area contributed by atoms with Crippen LogP contribution in [0.1, 0.15) is 69.7 Å². The van der Waals surface area contributed by atoms with Crippen LogP contribution in [0.4, 0.5) is 15.1 Å². The highest BCUT2D eigenvalue weighted by molar-refractivity contribution is 5.81. The SMILES string of the molecule is C[C@@H]1Cc2cnc(NC3CCOCC3)nc2CN1C(=O)[C@H]1CCN(C(=O)OC(C)(C)C)C[C@@H]1c1cccc(F)c1. The number of rotatable bonds is 4. The Balaban J connectivity index is 1.35. The lowest BCUT2D eigenvalue weighted by atomic mass is 9.79. The van der Waals surface area contributed by atoms with Gasteiger partial charge in [-0.2, -0.15) is 0 Å². The van der Waals surface area contributed by atoms with E-state index in [-0.39, 0.29) is 36.3 Å². The van der Waals surface area contributed by atoms with Gasteiger partial charge in [-0.1, -0.05) is 12.1 Å². The van der Waals surface area contributed by atoms with E-state index >= 15 is 0 Å². The number of aromatic nitrogens is 2. The lowest BCUT2D eigenvalue weighted by Gasteiger charge is -2.42. The molecule has 40 heavy (non-hydrogen) atoms. The first-order chi connectivity index (χ1) is 19.1. The third-order valence-electron chi connectivity index (χ3n) is 8.02. The van der Waals surface area contributed by atoms with Crippen molar-refractivity contribution in [3.63, 3.8) is 0 Å². The van der Waals surface area contributed by atoms with Crippen LogP contribution in [0.25, 0.3) is 0 Å². The van der Waals surface area contributed by atoms with E-state index in [1.807, 2.05) is 44.9 Å². The van der Waals surface area contributed by atoms with E-state index in [4.69, 9.17) is 14.5 Å². The third kappa shape index (κ3) is 6.54. The summed E-state index contributed by atoms with van der Waals surface area (Å²) in [7, 11) is 0. The van der Waals surface area contributed by atoms with Crippen molar-refractivity contribution in [1.82, 2.24) is 19.8 Å². The molecular weight excluding hydrogens is 513 g/mol. The Morgan fingerprint density at radius 1 is 1.18 bits per heavy atom. The highest BCUT2D eigenvalue weighted by atomic mass is 19.1. The van der Waals surface area contributed by atoms with Gasteiger partial charge in [0.25, 0.3) is 0 Å². The number of hydrogen-bond acceptors (Lipinski definition) is 7. The van der Waals surface area contributed by atoms with Gasteiger partial charge in [0, 0.05) is 56.4 Å². The molecule has 9 nitrogen and oxygen atoms in total. The number of nitrogens with zero attached hydrogens (tertiary/aromatic N) is 4. The molecule has 1 N–H and O–H groups in total. The fraction of sp³-hybridized carbons (Fsp3) is 0.600. The molecule has 0 aliphatic carbocycles. The van der Waals surface area contributed by atoms with E-state index in [1.165, 1.54) is 12.1 Å². The minimum absolute atomic E-state index is 0.00815. The molecule has 0 unspecified atom stereocenters. The number of piperidine rings is 1. The number of nitrogens with one attached hydrogen (secondary N) is 1. The molecule has 3 atom stereocenters. The average molecular weight is 554 g/mol. The molecule has 5 rings (SSSR count). The van der Waals surface area contributed by atoms with Crippen molar-refractivity contribution in [3.05, 3.63) is 53.1 Å². The molecule has 2 amide bonds. The second kappa shape index (κ2) is 11.7. The number of benzene rings is 1. The van der Waals surface area contributed by atoms with Crippen LogP contribution in [0.3, 0.4) is 0 Å². The van der Waals surface area contributed by atoms with Crippen LogP contribution in [0.2, 0.25) is 0 Å². The maximum atomic E-state index is 14.3. The van der Waals surface area contributed by atoms with Crippen molar-refractivity contribution in [3.8, 4) is 0 Å². The molecule has 0 saturated carbocycles. The molecule has 1 aromatic carbocycles. The first kappa shape index (κ1) is 28.3. The van der Waals surface area contributed by atoms with Gasteiger partial charge in [-0.15, -0.1) is 0 Å². The number of halogens is 1.